The number of allylic oxidation sites excluding steroid dienone is 3. The van der Waals surface area contributed by atoms with Crippen molar-refractivity contribution in [2.24, 2.45) is 11.8 Å². The van der Waals surface area contributed by atoms with Crippen molar-refractivity contribution in [1.82, 2.24) is 5.32 Å². The maximum absolute atomic E-state index is 12.6. The quantitative estimate of drug-likeness (QED) is 0.302. The average Bonchev–Trinajstić information content (AvgIpc) is 2.88. The zero-order valence-electron chi connectivity index (χ0n) is 15.5. The number of amides is 1. The summed E-state index contributed by atoms with van der Waals surface area (Å²) in [7, 11) is 0. The van der Waals surface area contributed by atoms with Crippen LogP contribution in [-0.4, -0.2) is 27.9 Å². The van der Waals surface area contributed by atoms with Crippen LogP contribution in [0.5, 0.6) is 5.75 Å². The van der Waals surface area contributed by atoms with Crippen LogP contribution in [0.3, 0.4) is 0 Å². The van der Waals surface area contributed by atoms with Crippen molar-refractivity contribution in [2.45, 2.75) is 46.1 Å². The maximum Gasteiger partial charge on any atom is 0.259 e. The monoisotopic (exact) mass is 357 g/mol. The number of phenols is 1. The van der Waals surface area contributed by atoms with Crippen molar-refractivity contribution >= 4 is 11.7 Å². The lowest BCUT2D eigenvalue weighted by Gasteiger charge is -2.16. The topological polar surface area (TPSA) is 86.6 Å². The van der Waals surface area contributed by atoms with Gasteiger partial charge in [-0.25, -0.2) is 0 Å². The molecule has 0 radical (unpaired) electrons. The highest BCUT2D eigenvalue weighted by Gasteiger charge is 2.39. The molecule has 0 aliphatic carbocycles. The van der Waals surface area contributed by atoms with Gasteiger partial charge in [-0.1, -0.05) is 38.1 Å². The Balaban J connectivity index is 2.10. The molecule has 1 fully saturated rings. The van der Waals surface area contributed by atoms with Crippen LogP contribution in [0.25, 0.3) is 0 Å². The summed E-state index contributed by atoms with van der Waals surface area (Å²) in [4.78, 5) is 24.9. The summed E-state index contributed by atoms with van der Waals surface area (Å²) in [5, 5.41) is 22.5. The Bertz CT molecular complexity index is 718. The normalized spacial score (nSPS) is 21.7. The highest BCUT2D eigenvalue weighted by molar-refractivity contribution is 6.26. The number of nitrogens with one attached hydrogen (secondary N) is 1. The predicted octanol–water partition coefficient (Wildman–Crippen LogP) is 3.44. The number of carbonyl (C=O) groups is 2. The summed E-state index contributed by atoms with van der Waals surface area (Å²) in [6.07, 6.45) is 5.98. The van der Waals surface area contributed by atoms with Crippen molar-refractivity contribution in [3.05, 3.63) is 53.3 Å². The van der Waals surface area contributed by atoms with E-state index in [4.69, 9.17) is 0 Å². The molecule has 1 aliphatic rings. The summed E-state index contributed by atoms with van der Waals surface area (Å²) in [6, 6.07) is 5.82. The summed E-state index contributed by atoms with van der Waals surface area (Å²) in [6.45, 7) is 5.88. The van der Waals surface area contributed by atoms with Crippen molar-refractivity contribution in [3.63, 3.8) is 0 Å². The Hall–Kier alpha value is -2.56. The summed E-state index contributed by atoms with van der Waals surface area (Å²) >= 11 is 0. The van der Waals surface area contributed by atoms with Crippen LogP contribution >= 0.6 is 0 Å². The third-order valence-electron chi connectivity index (χ3n) is 4.72. The van der Waals surface area contributed by atoms with Gasteiger partial charge in [-0.2, -0.15) is 0 Å². The van der Waals surface area contributed by atoms with E-state index in [0.29, 0.717) is 18.8 Å². The molecule has 26 heavy (non-hydrogen) atoms. The largest absolute Gasteiger partial charge is 0.511 e. The van der Waals surface area contributed by atoms with E-state index in [9.17, 15) is 19.8 Å². The number of ketones is 1. The number of aliphatic hydroxyl groups excluding tert-OH is 1. The Morgan fingerprint density at radius 1 is 1.23 bits per heavy atom. The molecule has 5 heteroatoms. The van der Waals surface area contributed by atoms with E-state index >= 15 is 0 Å². The lowest BCUT2D eigenvalue weighted by molar-refractivity contribution is -0.117. The second-order valence-electron chi connectivity index (χ2n) is 7.07. The van der Waals surface area contributed by atoms with Crippen molar-refractivity contribution in [1.29, 1.82) is 0 Å². The van der Waals surface area contributed by atoms with Gasteiger partial charge in [-0.15, -0.1) is 0 Å². The van der Waals surface area contributed by atoms with Crippen LogP contribution in [0, 0.1) is 11.8 Å². The molecule has 1 aromatic carbocycles. The molecule has 1 heterocycles. The Kier molecular flexibility index (Phi) is 6.61. The highest BCUT2D eigenvalue weighted by atomic mass is 16.3. The van der Waals surface area contributed by atoms with Crippen LogP contribution in [-0.2, 0) is 16.0 Å². The second kappa shape index (κ2) is 8.70. The van der Waals surface area contributed by atoms with Gasteiger partial charge in [0.2, 0.25) is 0 Å². The first-order valence-corrected chi connectivity index (χ1v) is 9.00. The van der Waals surface area contributed by atoms with Gasteiger partial charge in [0.15, 0.2) is 5.78 Å². The van der Waals surface area contributed by atoms with Crippen LogP contribution in [0.4, 0.5) is 0 Å². The number of Topliss-reactive ketones (excluding diaryl/α,β-unsaturated/α-hetero) is 1. The minimum atomic E-state index is -0.683. The van der Waals surface area contributed by atoms with Gasteiger partial charge in [-0.3, -0.25) is 9.59 Å². The molecule has 1 saturated heterocycles. The van der Waals surface area contributed by atoms with E-state index in [1.54, 1.807) is 24.3 Å². The fourth-order valence-corrected chi connectivity index (χ4v) is 3.26. The summed E-state index contributed by atoms with van der Waals surface area (Å²) < 4.78 is 0. The number of hydrogen-bond acceptors (Lipinski definition) is 4. The van der Waals surface area contributed by atoms with Crippen molar-refractivity contribution in [2.75, 3.05) is 0 Å². The van der Waals surface area contributed by atoms with E-state index in [-0.39, 0.29) is 28.8 Å². The first-order valence-electron chi connectivity index (χ1n) is 9.00. The molecule has 1 aromatic rings. The molecule has 0 bridgehead atoms. The standard InChI is InChI=1S/C21H27NO4/c1-4-5-6-13(2)11-14(3)19(24)18-20(25)17(22-21(18)26)12-15-7-9-16(23)10-8-15/h4-5,7-10,13-14,17,23-24H,6,11-12H2,1-3H3,(H,22,26)/b5-4+,19-18?/t13-,14-,17-/m0/s1. The predicted molar refractivity (Wildman–Crippen MR) is 101 cm³/mol. The molecule has 1 amide bonds. The van der Waals surface area contributed by atoms with Gasteiger partial charge in [0.1, 0.15) is 17.1 Å². The number of aliphatic hydroxyl groups is 1. The molecule has 0 spiro atoms. The molecule has 0 unspecified atom stereocenters. The van der Waals surface area contributed by atoms with Crippen LogP contribution in [0.2, 0.25) is 0 Å². The first kappa shape index (κ1) is 19.8. The van der Waals surface area contributed by atoms with Crippen molar-refractivity contribution < 1.29 is 19.8 Å². The van der Waals surface area contributed by atoms with E-state index in [1.807, 2.05) is 19.9 Å². The van der Waals surface area contributed by atoms with Gasteiger partial charge < -0.3 is 15.5 Å². The minimum Gasteiger partial charge on any atom is -0.511 e. The van der Waals surface area contributed by atoms with Crippen LogP contribution in [0.15, 0.2) is 47.7 Å². The van der Waals surface area contributed by atoms with E-state index in [0.717, 1.165) is 12.0 Å². The average molecular weight is 357 g/mol. The second-order valence-corrected chi connectivity index (χ2v) is 7.07. The molecule has 140 valence electrons. The summed E-state index contributed by atoms with van der Waals surface area (Å²) in [5.41, 5.74) is 0.717. The van der Waals surface area contributed by atoms with E-state index in [1.165, 1.54) is 0 Å². The SMILES string of the molecule is C/C=C/C[C@H](C)C[C@H](C)C(O)=C1C(=O)N[C@@H](Cc2ccc(O)cc2)C1=O. The molecule has 1 aliphatic heterocycles. The number of rotatable bonds is 7. The van der Waals surface area contributed by atoms with E-state index < -0.39 is 11.9 Å². The fourth-order valence-electron chi connectivity index (χ4n) is 3.26. The Labute approximate surface area is 154 Å². The first-order chi connectivity index (χ1) is 12.3. The smallest absolute Gasteiger partial charge is 0.259 e. The Morgan fingerprint density at radius 2 is 1.88 bits per heavy atom. The zero-order chi connectivity index (χ0) is 19.3. The molecule has 3 atom stereocenters. The van der Waals surface area contributed by atoms with Gasteiger partial charge in [0.25, 0.3) is 5.91 Å². The molecule has 2 rings (SSSR count). The van der Waals surface area contributed by atoms with Crippen LogP contribution < -0.4 is 5.32 Å². The van der Waals surface area contributed by atoms with Crippen molar-refractivity contribution in [3.8, 4) is 5.75 Å². The van der Waals surface area contributed by atoms with Gasteiger partial charge in [0, 0.05) is 12.3 Å². The lowest BCUT2D eigenvalue weighted by atomic mass is 9.90. The van der Waals surface area contributed by atoms with Crippen LogP contribution in [0.1, 0.15) is 39.2 Å². The zero-order valence-corrected chi connectivity index (χ0v) is 15.5. The molecule has 0 aromatic heterocycles. The van der Waals surface area contributed by atoms with E-state index in [2.05, 4.69) is 18.3 Å². The number of hydrogen-bond donors (Lipinski definition) is 3. The number of benzene rings is 1. The van der Waals surface area contributed by atoms with Gasteiger partial charge in [0.05, 0.1) is 6.04 Å². The molecule has 0 saturated carbocycles. The number of carbonyl (C=O) groups excluding carboxylic acids is 2. The van der Waals surface area contributed by atoms with Gasteiger partial charge >= 0.3 is 0 Å². The molecule has 3 N–H and O–H groups in total. The number of phenolic OH excluding ortho intramolecular Hbond substituents is 1. The lowest BCUT2D eigenvalue weighted by Crippen LogP contribution is -2.31. The maximum atomic E-state index is 12.6. The third kappa shape index (κ3) is 4.75. The minimum absolute atomic E-state index is 0.112. The fraction of sp³-hybridized carbons (Fsp3) is 0.429. The molecular formula is C21H27NO4. The Morgan fingerprint density at radius 3 is 2.50 bits per heavy atom. The highest BCUT2D eigenvalue weighted by Crippen LogP contribution is 2.26. The van der Waals surface area contributed by atoms with Gasteiger partial charge in [-0.05, 0) is 43.4 Å². The third-order valence-corrected chi connectivity index (χ3v) is 4.72. The number of aromatic hydroxyl groups is 1. The summed E-state index contributed by atoms with van der Waals surface area (Å²) in [5.74, 6) is -0.760. The molecular weight excluding hydrogens is 330 g/mol. The molecule has 5 nitrogen and oxygen atoms in total.